The summed E-state index contributed by atoms with van der Waals surface area (Å²) < 4.78 is 47.3. The van der Waals surface area contributed by atoms with E-state index in [2.05, 4.69) is 5.32 Å². The van der Waals surface area contributed by atoms with Crippen LogP contribution in [0.25, 0.3) is 6.08 Å². The maximum atomic E-state index is 12.5. The van der Waals surface area contributed by atoms with Crippen molar-refractivity contribution in [2.24, 2.45) is 0 Å². The van der Waals surface area contributed by atoms with Gasteiger partial charge in [0.05, 0.1) is 12.7 Å². The molecule has 0 saturated heterocycles. The standard InChI is InChI=1S/C19H16F3NO4/c1-26-16-4-2-3-13(11-16)5-10-18(25)27-12-17(24)23-15-8-6-14(7-9-15)19(20,21)22/h2-11H,12H2,1H3,(H,23,24)/b10-5+. The summed E-state index contributed by atoms with van der Waals surface area (Å²) in [6, 6.07) is 10.9. The minimum absolute atomic E-state index is 0.163. The third-order valence-corrected chi connectivity index (χ3v) is 3.35. The second-order valence-electron chi connectivity index (χ2n) is 5.34. The van der Waals surface area contributed by atoms with Crippen LogP contribution < -0.4 is 10.1 Å². The number of nitrogens with one attached hydrogen (secondary N) is 1. The fraction of sp³-hybridized carbons (Fsp3) is 0.158. The van der Waals surface area contributed by atoms with Crippen molar-refractivity contribution in [1.29, 1.82) is 0 Å². The summed E-state index contributed by atoms with van der Waals surface area (Å²) in [6.07, 6.45) is -1.80. The largest absolute Gasteiger partial charge is 0.497 e. The first kappa shape index (κ1) is 20.0. The molecule has 0 saturated carbocycles. The Bertz CT molecular complexity index is 830. The van der Waals surface area contributed by atoms with Crippen LogP contribution in [0.4, 0.5) is 18.9 Å². The van der Waals surface area contributed by atoms with Crippen LogP contribution >= 0.6 is 0 Å². The van der Waals surface area contributed by atoms with E-state index in [1.807, 2.05) is 0 Å². The van der Waals surface area contributed by atoms with Crippen molar-refractivity contribution in [1.82, 2.24) is 0 Å². The highest BCUT2D eigenvalue weighted by Gasteiger charge is 2.29. The van der Waals surface area contributed by atoms with Crippen molar-refractivity contribution in [3.63, 3.8) is 0 Å². The van der Waals surface area contributed by atoms with Crippen LogP contribution in [0, 0.1) is 0 Å². The van der Waals surface area contributed by atoms with E-state index in [1.54, 1.807) is 24.3 Å². The maximum absolute atomic E-state index is 12.5. The van der Waals surface area contributed by atoms with Crippen molar-refractivity contribution in [2.75, 3.05) is 19.0 Å². The number of benzene rings is 2. The predicted molar refractivity (Wildman–Crippen MR) is 93.1 cm³/mol. The van der Waals surface area contributed by atoms with Crippen LogP contribution in [0.5, 0.6) is 5.75 Å². The van der Waals surface area contributed by atoms with Crippen LogP contribution in [0.15, 0.2) is 54.6 Å². The normalized spacial score (nSPS) is 11.3. The van der Waals surface area contributed by atoms with Crippen molar-refractivity contribution in [3.8, 4) is 5.75 Å². The Morgan fingerprint density at radius 3 is 2.44 bits per heavy atom. The van der Waals surface area contributed by atoms with Crippen molar-refractivity contribution in [3.05, 3.63) is 65.7 Å². The van der Waals surface area contributed by atoms with Crippen molar-refractivity contribution >= 4 is 23.6 Å². The molecule has 1 N–H and O–H groups in total. The zero-order valence-corrected chi connectivity index (χ0v) is 14.2. The Kier molecular flexibility index (Phi) is 6.59. The van der Waals surface area contributed by atoms with Crippen LogP contribution in [0.3, 0.4) is 0 Å². The number of esters is 1. The van der Waals surface area contributed by atoms with E-state index >= 15 is 0 Å². The molecule has 2 aromatic carbocycles. The van der Waals surface area contributed by atoms with Crippen LogP contribution in [0.1, 0.15) is 11.1 Å². The molecule has 0 heterocycles. The Hall–Kier alpha value is -3.29. The average Bonchev–Trinajstić information content (AvgIpc) is 2.64. The van der Waals surface area contributed by atoms with Crippen molar-refractivity contribution in [2.45, 2.75) is 6.18 Å². The zero-order valence-electron chi connectivity index (χ0n) is 14.2. The predicted octanol–water partition coefficient (Wildman–Crippen LogP) is 3.91. The number of methoxy groups -OCH3 is 1. The molecule has 27 heavy (non-hydrogen) atoms. The number of amides is 1. The van der Waals surface area contributed by atoms with Crippen molar-refractivity contribution < 1.29 is 32.2 Å². The molecular formula is C19H16F3NO4. The van der Waals surface area contributed by atoms with Gasteiger partial charge in [-0.05, 0) is 48.0 Å². The second kappa shape index (κ2) is 8.88. The minimum Gasteiger partial charge on any atom is -0.497 e. The first-order valence-electron chi connectivity index (χ1n) is 7.74. The van der Waals surface area contributed by atoms with Gasteiger partial charge in [0, 0.05) is 11.8 Å². The number of anilines is 1. The lowest BCUT2D eigenvalue weighted by Gasteiger charge is -2.08. The van der Waals surface area contributed by atoms with Gasteiger partial charge in [-0.25, -0.2) is 4.79 Å². The lowest BCUT2D eigenvalue weighted by molar-refractivity contribution is -0.142. The number of alkyl halides is 3. The van der Waals surface area contributed by atoms with E-state index in [1.165, 1.54) is 13.2 Å². The fourth-order valence-electron chi connectivity index (χ4n) is 2.03. The van der Waals surface area contributed by atoms with E-state index in [-0.39, 0.29) is 5.69 Å². The smallest absolute Gasteiger partial charge is 0.416 e. The molecule has 1 amide bonds. The summed E-state index contributed by atoms with van der Waals surface area (Å²) in [5, 5.41) is 2.34. The molecule has 0 aliphatic heterocycles. The van der Waals surface area contributed by atoms with Gasteiger partial charge >= 0.3 is 12.1 Å². The molecule has 0 fully saturated rings. The molecule has 0 unspecified atom stereocenters. The fourth-order valence-corrected chi connectivity index (χ4v) is 2.03. The molecule has 0 aliphatic carbocycles. The molecule has 0 atom stereocenters. The number of rotatable bonds is 6. The van der Waals surface area contributed by atoms with E-state index < -0.39 is 30.2 Å². The summed E-state index contributed by atoms with van der Waals surface area (Å²) in [5.74, 6) is -0.778. The topological polar surface area (TPSA) is 64.6 Å². The van der Waals surface area contributed by atoms with E-state index in [9.17, 15) is 22.8 Å². The third kappa shape index (κ3) is 6.50. The molecule has 5 nitrogen and oxygen atoms in total. The molecule has 142 valence electrons. The summed E-state index contributed by atoms with van der Waals surface area (Å²) >= 11 is 0. The van der Waals surface area contributed by atoms with Gasteiger partial charge < -0.3 is 14.8 Å². The van der Waals surface area contributed by atoms with E-state index in [4.69, 9.17) is 9.47 Å². The summed E-state index contributed by atoms with van der Waals surface area (Å²) in [7, 11) is 1.52. The summed E-state index contributed by atoms with van der Waals surface area (Å²) in [4.78, 5) is 23.3. The van der Waals surface area contributed by atoms with E-state index in [0.717, 1.165) is 30.3 Å². The molecule has 0 aromatic heterocycles. The quantitative estimate of drug-likeness (QED) is 0.611. The first-order chi connectivity index (χ1) is 12.8. The molecule has 0 bridgehead atoms. The van der Waals surface area contributed by atoms with Gasteiger partial charge in [-0.3, -0.25) is 4.79 Å². The highest BCUT2D eigenvalue weighted by molar-refractivity contribution is 5.94. The van der Waals surface area contributed by atoms with Gasteiger partial charge in [0.2, 0.25) is 0 Å². The molecule has 2 rings (SSSR count). The van der Waals surface area contributed by atoms with Crippen LogP contribution in [0.2, 0.25) is 0 Å². The number of halogens is 3. The lowest BCUT2D eigenvalue weighted by Crippen LogP contribution is -2.20. The van der Waals surface area contributed by atoms with Gasteiger partial charge in [-0.1, -0.05) is 12.1 Å². The van der Waals surface area contributed by atoms with Crippen LogP contribution in [-0.2, 0) is 20.5 Å². The number of hydrogen-bond acceptors (Lipinski definition) is 4. The van der Waals surface area contributed by atoms with Gasteiger partial charge in [-0.15, -0.1) is 0 Å². The molecule has 0 radical (unpaired) electrons. The van der Waals surface area contributed by atoms with Gasteiger partial charge in [0.15, 0.2) is 6.61 Å². The number of carbonyl (C=O) groups excluding carboxylic acids is 2. The molecular weight excluding hydrogens is 363 g/mol. The summed E-state index contributed by atoms with van der Waals surface area (Å²) in [6.45, 7) is -0.567. The number of carbonyl (C=O) groups is 2. The Morgan fingerprint density at radius 1 is 1.11 bits per heavy atom. The minimum atomic E-state index is -4.45. The highest BCUT2D eigenvalue weighted by Crippen LogP contribution is 2.29. The number of ether oxygens (including phenoxy) is 2. The van der Waals surface area contributed by atoms with Gasteiger partial charge in [-0.2, -0.15) is 13.2 Å². The summed E-state index contributed by atoms with van der Waals surface area (Å²) in [5.41, 5.74) is 0.0473. The van der Waals surface area contributed by atoms with Gasteiger partial charge in [0.1, 0.15) is 5.75 Å². The Morgan fingerprint density at radius 2 is 1.81 bits per heavy atom. The highest BCUT2D eigenvalue weighted by atomic mass is 19.4. The molecule has 0 aliphatic rings. The lowest BCUT2D eigenvalue weighted by atomic mass is 10.2. The first-order valence-corrected chi connectivity index (χ1v) is 7.74. The Balaban J connectivity index is 1.82. The van der Waals surface area contributed by atoms with E-state index in [0.29, 0.717) is 11.3 Å². The van der Waals surface area contributed by atoms with Crippen LogP contribution in [-0.4, -0.2) is 25.6 Å². The maximum Gasteiger partial charge on any atom is 0.416 e. The molecule has 8 heteroatoms. The second-order valence-corrected chi connectivity index (χ2v) is 5.34. The Labute approximate surface area is 153 Å². The molecule has 2 aromatic rings. The SMILES string of the molecule is COc1cccc(/C=C/C(=O)OCC(=O)Nc2ccc(C(F)(F)F)cc2)c1. The number of hydrogen-bond donors (Lipinski definition) is 1. The third-order valence-electron chi connectivity index (χ3n) is 3.35. The monoisotopic (exact) mass is 379 g/mol. The van der Waals surface area contributed by atoms with Gasteiger partial charge in [0.25, 0.3) is 5.91 Å². The average molecular weight is 379 g/mol. The molecule has 0 spiro atoms. The zero-order chi connectivity index (χ0) is 19.9.